The van der Waals surface area contributed by atoms with Crippen molar-refractivity contribution in [2.24, 2.45) is 0 Å². The van der Waals surface area contributed by atoms with E-state index in [0.29, 0.717) is 0 Å². The van der Waals surface area contributed by atoms with E-state index in [9.17, 15) is 0 Å². The van der Waals surface area contributed by atoms with Gasteiger partial charge in [-0.2, -0.15) is 0 Å². The molecule has 102 valence electrons. The van der Waals surface area contributed by atoms with E-state index in [-0.39, 0.29) is 6.04 Å². The molecule has 0 aliphatic carbocycles. The molecule has 0 aliphatic heterocycles. The Kier molecular flexibility index (Phi) is 3.84. The maximum absolute atomic E-state index is 5.67. The Morgan fingerprint density at radius 2 is 1.75 bits per heavy atom. The molecule has 0 saturated carbocycles. The predicted octanol–water partition coefficient (Wildman–Crippen LogP) is 4.33. The lowest BCUT2D eigenvalue weighted by Gasteiger charge is -2.17. The van der Waals surface area contributed by atoms with Gasteiger partial charge in [0, 0.05) is 17.0 Å². The van der Waals surface area contributed by atoms with Crippen LogP contribution in [0.4, 0.5) is 0 Å². The molecular formula is C18H19NO. The van der Waals surface area contributed by atoms with Crippen molar-refractivity contribution in [1.82, 2.24) is 5.32 Å². The lowest BCUT2D eigenvalue weighted by atomic mass is 9.98. The first-order chi connectivity index (χ1) is 9.88. The third kappa shape index (κ3) is 2.61. The zero-order valence-electron chi connectivity index (χ0n) is 11.7. The van der Waals surface area contributed by atoms with Crippen LogP contribution in [0.25, 0.3) is 11.0 Å². The quantitative estimate of drug-likeness (QED) is 0.743. The molecule has 0 bridgehead atoms. The molecule has 1 heterocycles. The van der Waals surface area contributed by atoms with Crippen LogP contribution in [0.5, 0.6) is 0 Å². The monoisotopic (exact) mass is 265 g/mol. The normalized spacial score (nSPS) is 12.7. The van der Waals surface area contributed by atoms with Gasteiger partial charge in [-0.15, -0.1) is 0 Å². The molecule has 1 N–H and O–H groups in total. The van der Waals surface area contributed by atoms with Gasteiger partial charge < -0.3 is 9.73 Å². The van der Waals surface area contributed by atoms with Crippen LogP contribution in [0.2, 0.25) is 0 Å². The van der Waals surface area contributed by atoms with Crippen molar-refractivity contribution in [2.45, 2.75) is 19.4 Å². The van der Waals surface area contributed by atoms with E-state index < -0.39 is 0 Å². The predicted molar refractivity (Wildman–Crippen MR) is 82.8 cm³/mol. The molecule has 0 fully saturated rings. The summed E-state index contributed by atoms with van der Waals surface area (Å²) < 4.78 is 5.67. The third-order valence-corrected chi connectivity index (χ3v) is 3.62. The Hall–Kier alpha value is -2.06. The number of hydrogen-bond acceptors (Lipinski definition) is 2. The van der Waals surface area contributed by atoms with E-state index in [4.69, 9.17) is 4.42 Å². The lowest BCUT2D eigenvalue weighted by molar-refractivity contribution is 0.535. The third-order valence-electron chi connectivity index (χ3n) is 3.62. The number of benzene rings is 2. The maximum atomic E-state index is 5.67. The molecule has 0 spiro atoms. The van der Waals surface area contributed by atoms with E-state index in [1.807, 2.05) is 18.4 Å². The Morgan fingerprint density at radius 3 is 2.55 bits per heavy atom. The Labute approximate surface area is 119 Å². The van der Waals surface area contributed by atoms with Crippen LogP contribution in [0.15, 0.2) is 65.3 Å². The van der Waals surface area contributed by atoms with E-state index in [1.165, 1.54) is 16.5 Å². The minimum Gasteiger partial charge on any atom is -0.464 e. The highest BCUT2D eigenvalue weighted by molar-refractivity contribution is 5.81. The Balaban J connectivity index is 1.94. The second kappa shape index (κ2) is 5.93. The smallest absolute Gasteiger partial charge is 0.134 e. The average Bonchev–Trinajstić information content (AvgIpc) is 2.92. The van der Waals surface area contributed by atoms with Crippen molar-refractivity contribution in [1.29, 1.82) is 0 Å². The van der Waals surface area contributed by atoms with Crippen LogP contribution >= 0.6 is 0 Å². The van der Waals surface area contributed by atoms with Crippen molar-refractivity contribution in [3.8, 4) is 0 Å². The summed E-state index contributed by atoms with van der Waals surface area (Å²) in [6.45, 7) is 3.08. The first-order valence-electron chi connectivity index (χ1n) is 7.12. The first kappa shape index (κ1) is 12.9. The molecule has 20 heavy (non-hydrogen) atoms. The molecule has 3 rings (SSSR count). The molecule has 2 nitrogen and oxygen atoms in total. The fraction of sp³-hybridized carbons (Fsp3) is 0.222. The van der Waals surface area contributed by atoms with Crippen molar-refractivity contribution < 1.29 is 4.42 Å². The molecule has 0 amide bonds. The van der Waals surface area contributed by atoms with Crippen LogP contribution < -0.4 is 5.32 Å². The molecule has 0 aliphatic rings. The highest BCUT2D eigenvalue weighted by Crippen LogP contribution is 2.28. The van der Waals surface area contributed by atoms with Crippen LogP contribution in [0, 0.1) is 0 Å². The molecule has 0 radical (unpaired) electrons. The van der Waals surface area contributed by atoms with Gasteiger partial charge in [0.2, 0.25) is 0 Å². The summed E-state index contributed by atoms with van der Waals surface area (Å²) in [6, 6.07) is 19.1. The van der Waals surface area contributed by atoms with Gasteiger partial charge >= 0.3 is 0 Å². The fourth-order valence-electron chi connectivity index (χ4n) is 2.66. The van der Waals surface area contributed by atoms with Crippen molar-refractivity contribution in [3.63, 3.8) is 0 Å². The molecule has 1 atom stereocenters. The van der Waals surface area contributed by atoms with Gasteiger partial charge in [-0.1, -0.05) is 55.5 Å². The number of likely N-dealkylation sites (N-methyl/N-ethyl adjacent to an activating group) is 1. The van der Waals surface area contributed by atoms with Crippen LogP contribution in [0.3, 0.4) is 0 Å². The highest BCUT2D eigenvalue weighted by Gasteiger charge is 2.16. The van der Waals surface area contributed by atoms with Crippen molar-refractivity contribution in [3.05, 3.63) is 72.0 Å². The number of rotatable bonds is 5. The number of furan rings is 1. The standard InChI is InChI=1S/C18H19NO/c1-2-19-17(12-14-8-4-3-5-9-14)16-13-20-18-11-7-6-10-15(16)18/h3-11,13,17,19H,2,12H2,1H3. The largest absolute Gasteiger partial charge is 0.464 e. The highest BCUT2D eigenvalue weighted by atomic mass is 16.3. The van der Waals surface area contributed by atoms with E-state index in [2.05, 4.69) is 54.7 Å². The summed E-state index contributed by atoms with van der Waals surface area (Å²) in [5.74, 6) is 0. The molecule has 1 aromatic heterocycles. The summed E-state index contributed by atoms with van der Waals surface area (Å²) in [6.07, 6.45) is 2.86. The minimum atomic E-state index is 0.283. The van der Waals surface area contributed by atoms with E-state index >= 15 is 0 Å². The molecule has 2 aromatic carbocycles. The van der Waals surface area contributed by atoms with E-state index in [0.717, 1.165) is 18.5 Å². The van der Waals surface area contributed by atoms with Gasteiger partial charge in [-0.05, 0) is 24.6 Å². The Morgan fingerprint density at radius 1 is 1.00 bits per heavy atom. The summed E-state index contributed by atoms with van der Waals surface area (Å²) >= 11 is 0. The fourth-order valence-corrected chi connectivity index (χ4v) is 2.66. The van der Waals surface area contributed by atoms with Gasteiger partial charge in [0.25, 0.3) is 0 Å². The number of hydrogen-bond donors (Lipinski definition) is 1. The molecule has 1 unspecified atom stereocenters. The van der Waals surface area contributed by atoms with Gasteiger partial charge in [0.1, 0.15) is 5.58 Å². The molecule has 0 saturated heterocycles. The second-order valence-electron chi connectivity index (χ2n) is 4.99. The summed E-state index contributed by atoms with van der Waals surface area (Å²) in [7, 11) is 0. The summed E-state index contributed by atoms with van der Waals surface area (Å²) in [5.41, 5.74) is 3.54. The first-order valence-corrected chi connectivity index (χ1v) is 7.12. The summed E-state index contributed by atoms with van der Waals surface area (Å²) in [4.78, 5) is 0. The minimum absolute atomic E-state index is 0.283. The van der Waals surface area contributed by atoms with Gasteiger partial charge in [-0.25, -0.2) is 0 Å². The lowest BCUT2D eigenvalue weighted by Crippen LogP contribution is -2.22. The zero-order valence-corrected chi connectivity index (χ0v) is 11.7. The number of para-hydroxylation sites is 1. The number of nitrogens with one attached hydrogen (secondary N) is 1. The molecule has 2 heteroatoms. The van der Waals surface area contributed by atoms with Gasteiger partial charge in [0.05, 0.1) is 6.26 Å². The van der Waals surface area contributed by atoms with E-state index in [1.54, 1.807) is 0 Å². The summed E-state index contributed by atoms with van der Waals surface area (Å²) in [5, 5.41) is 4.77. The SMILES string of the molecule is CCNC(Cc1ccccc1)c1coc2ccccc12. The molecule has 3 aromatic rings. The average molecular weight is 265 g/mol. The van der Waals surface area contributed by atoms with Crippen LogP contribution in [-0.2, 0) is 6.42 Å². The second-order valence-corrected chi connectivity index (χ2v) is 4.99. The van der Waals surface area contributed by atoms with Crippen LogP contribution in [-0.4, -0.2) is 6.54 Å². The van der Waals surface area contributed by atoms with Gasteiger partial charge in [-0.3, -0.25) is 0 Å². The zero-order chi connectivity index (χ0) is 13.8. The van der Waals surface area contributed by atoms with Crippen molar-refractivity contribution >= 4 is 11.0 Å². The maximum Gasteiger partial charge on any atom is 0.134 e. The van der Waals surface area contributed by atoms with Crippen LogP contribution in [0.1, 0.15) is 24.1 Å². The molecular weight excluding hydrogens is 246 g/mol. The number of fused-ring (bicyclic) bond motifs is 1. The van der Waals surface area contributed by atoms with Gasteiger partial charge in [0.15, 0.2) is 0 Å². The topological polar surface area (TPSA) is 25.2 Å². The van der Waals surface area contributed by atoms with Crippen molar-refractivity contribution in [2.75, 3.05) is 6.54 Å². The Bertz CT molecular complexity index is 672.